The molecular weight excluding hydrogens is 965 g/mol. The van der Waals surface area contributed by atoms with Crippen molar-refractivity contribution >= 4 is 64.6 Å². The van der Waals surface area contributed by atoms with Gasteiger partial charge in [0.2, 0.25) is 0 Å². The summed E-state index contributed by atoms with van der Waals surface area (Å²) in [5.41, 5.74) is 22.8. The molecule has 14 aromatic rings. The lowest BCUT2D eigenvalue weighted by atomic mass is 9.78. The molecule has 80 heavy (non-hydrogen) atoms. The topological polar surface area (TPSA) is 9.23 Å². The van der Waals surface area contributed by atoms with Crippen molar-refractivity contribution in [2.75, 3.05) is 7.11 Å². The van der Waals surface area contributed by atoms with Gasteiger partial charge in [-0.1, -0.05) is 246 Å². The Balaban J connectivity index is 0.861. The lowest BCUT2D eigenvalue weighted by Crippen LogP contribution is -2.15. The summed E-state index contributed by atoms with van der Waals surface area (Å²) in [5, 5.41) is 15.1. The Labute approximate surface area is 467 Å². The maximum atomic E-state index is 5.73. The maximum Gasteiger partial charge on any atom is 0.119 e. The molecule has 0 amide bonds. The molecule has 2 aliphatic rings. The Morgan fingerprint density at radius 2 is 0.463 bits per heavy atom. The Morgan fingerprint density at radius 3 is 0.750 bits per heavy atom. The molecular formula is C79H56O. The van der Waals surface area contributed by atoms with Gasteiger partial charge in [0.25, 0.3) is 0 Å². The van der Waals surface area contributed by atoms with Crippen molar-refractivity contribution in [3.8, 4) is 83.6 Å². The van der Waals surface area contributed by atoms with Gasteiger partial charge in [-0.15, -0.1) is 0 Å². The molecule has 0 N–H and O–H groups in total. The average molecular weight is 1020 g/mol. The molecule has 0 spiro atoms. The molecule has 0 atom stereocenters. The molecule has 0 radical (unpaired) electrons. The van der Waals surface area contributed by atoms with Crippen LogP contribution in [-0.2, 0) is 10.8 Å². The summed E-state index contributed by atoms with van der Waals surface area (Å²) in [7, 11) is 1.76. The molecule has 0 aliphatic heterocycles. The first kappa shape index (κ1) is 46.5. The molecule has 0 saturated heterocycles. The molecule has 1 nitrogen and oxygen atoms in total. The summed E-state index contributed by atoms with van der Waals surface area (Å²) < 4.78 is 5.73. The molecule has 0 saturated carbocycles. The molecule has 2 aliphatic carbocycles. The summed E-state index contributed by atoms with van der Waals surface area (Å²) in [6.45, 7) is 9.57. The lowest BCUT2D eigenvalue weighted by Gasteiger charge is -2.25. The zero-order chi connectivity index (χ0) is 53.6. The minimum atomic E-state index is -0.260. The smallest absolute Gasteiger partial charge is 0.119 e. The molecule has 0 heterocycles. The highest BCUT2D eigenvalue weighted by Gasteiger charge is 2.38. The van der Waals surface area contributed by atoms with Crippen molar-refractivity contribution in [2.24, 2.45) is 0 Å². The van der Waals surface area contributed by atoms with E-state index in [2.05, 4.69) is 276 Å². The third-order valence-corrected chi connectivity index (χ3v) is 18.5. The third-order valence-electron chi connectivity index (χ3n) is 18.5. The monoisotopic (exact) mass is 1020 g/mol. The van der Waals surface area contributed by atoms with Crippen molar-refractivity contribution in [2.45, 2.75) is 38.5 Å². The van der Waals surface area contributed by atoms with Crippen LogP contribution in [0.3, 0.4) is 0 Å². The highest BCUT2D eigenvalue weighted by molar-refractivity contribution is 6.30. The van der Waals surface area contributed by atoms with Crippen LogP contribution in [0.5, 0.6) is 5.75 Å². The van der Waals surface area contributed by atoms with Crippen LogP contribution in [-0.4, -0.2) is 7.11 Å². The van der Waals surface area contributed by atoms with Gasteiger partial charge >= 0.3 is 0 Å². The highest BCUT2D eigenvalue weighted by Crippen LogP contribution is 2.56. The summed E-state index contributed by atoms with van der Waals surface area (Å²) in [4.78, 5) is 0. The van der Waals surface area contributed by atoms with Gasteiger partial charge in [-0.25, -0.2) is 0 Å². The quantitative estimate of drug-likeness (QED) is 0.151. The number of fused-ring (bicyclic) bond motifs is 12. The second-order valence-electron chi connectivity index (χ2n) is 23.3. The number of rotatable bonds is 6. The van der Waals surface area contributed by atoms with Gasteiger partial charge in [-0.05, 0) is 195 Å². The number of methoxy groups -OCH3 is 1. The first-order chi connectivity index (χ1) is 39.2. The van der Waals surface area contributed by atoms with Crippen LogP contribution in [0.15, 0.2) is 249 Å². The molecule has 0 fully saturated rings. The van der Waals surface area contributed by atoms with E-state index in [9.17, 15) is 0 Å². The van der Waals surface area contributed by atoms with Gasteiger partial charge in [0.05, 0.1) is 7.11 Å². The maximum absolute atomic E-state index is 5.73. The summed E-state index contributed by atoms with van der Waals surface area (Å²) in [5.74, 6) is 0.895. The van der Waals surface area contributed by atoms with Gasteiger partial charge in [0, 0.05) is 10.8 Å². The van der Waals surface area contributed by atoms with E-state index in [1.54, 1.807) is 7.11 Å². The van der Waals surface area contributed by atoms with E-state index in [1.807, 2.05) is 0 Å². The number of ether oxygens (including phenoxy) is 1. The molecule has 14 aromatic carbocycles. The number of hydrogen-bond acceptors (Lipinski definition) is 1. The highest BCUT2D eigenvalue weighted by atomic mass is 16.5. The first-order valence-corrected chi connectivity index (χ1v) is 28.2. The Hall–Kier alpha value is -9.56. The van der Waals surface area contributed by atoms with Crippen LogP contribution in [0.2, 0.25) is 0 Å². The Morgan fingerprint density at radius 1 is 0.225 bits per heavy atom. The molecule has 0 bridgehead atoms. The normalized spacial score (nSPS) is 13.8. The molecule has 16 rings (SSSR count). The Bertz CT molecular complexity index is 4800. The first-order valence-electron chi connectivity index (χ1n) is 28.2. The van der Waals surface area contributed by atoms with Crippen molar-refractivity contribution in [3.05, 3.63) is 271 Å². The minimum absolute atomic E-state index is 0.190. The molecule has 378 valence electrons. The third kappa shape index (κ3) is 6.52. The standard InChI is InChI=1S/C79H56O/c1-78(2)68-43-48(73-58-25-11-9-23-56(58)72(47-21-7-6-8-22-47)57-24-10-12-26-59(57)73)35-39-52(68)53-40-36-49(44-69(53)78)74-60-27-13-17-31-64(60)76(65-32-18-14-28-61(65)74)77-66-33-19-15-29-62(66)75(63-30-16-20-34-67(63)77)50-37-41-54-55-42-38-51(80-5)46-71(55)79(3,4)70(54)45-50/h6-46H,1-5H3. The van der Waals surface area contributed by atoms with E-state index in [1.165, 1.54) is 165 Å². The van der Waals surface area contributed by atoms with Crippen LogP contribution in [0, 0.1) is 0 Å². The SMILES string of the molecule is COc1ccc2c(c1)C(C)(C)c1cc(-c3c4ccccc4c(-c4c5ccccc5c(-c5ccc6c(c5)C(C)(C)c5cc(-c7c8ccccc8c(-c8ccccc8)c8ccccc78)ccc5-6)c5ccccc45)c4ccccc34)ccc1-2. The summed E-state index contributed by atoms with van der Waals surface area (Å²) in [6.07, 6.45) is 0. The van der Waals surface area contributed by atoms with Crippen molar-refractivity contribution < 1.29 is 4.74 Å². The molecule has 0 unspecified atom stereocenters. The average Bonchev–Trinajstić information content (AvgIpc) is 4.04. The summed E-state index contributed by atoms with van der Waals surface area (Å²) >= 11 is 0. The van der Waals surface area contributed by atoms with Gasteiger partial charge in [-0.3, -0.25) is 0 Å². The van der Waals surface area contributed by atoms with Gasteiger partial charge in [-0.2, -0.15) is 0 Å². The van der Waals surface area contributed by atoms with E-state index in [0.29, 0.717) is 0 Å². The van der Waals surface area contributed by atoms with E-state index in [-0.39, 0.29) is 10.8 Å². The van der Waals surface area contributed by atoms with E-state index in [4.69, 9.17) is 4.74 Å². The predicted molar refractivity (Wildman–Crippen MR) is 340 cm³/mol. The number of benzene rings is 14. The van der Waals surface area contributed by atoms with Crippen molar-refractivity contribution in [3.63, 3.8) is 0 Å². The fourth-order valence-corrected chi connectivity index (χ4v) is 14.8. The van der Waals surface area contributed by atoms with Crippen LogP contribution >= 0.6 is 0 Å². The zero-order valence-corrected chi connectivity index (χ0v) is 45.6. The van der Waals surface area contributed by atoms with Crippen molar-refractivity contribution in [1.82, 2.24) is 0 Å². The second kappa shape index (κ2) is 17.2. The van der Waals surface area contributed by atoms with Crippen LogP contribution in [0.1, 0.15) is 49.9 Å². The van der Waals surface area contributed by atoms with Crippen LogP contribution in [0.25, 0.3) is 143 Å². The largest absolute Gasteiger partial charge is 0.497 e. The van der Waals surface area contributed by atoms with Gasteiger partial charge < -0.3 is 4.74 Å². The fraction of sp³-hybridized carbons (Fsp3) is 0.0886. The zero-order valence-electron chi connectivity index (χ0n) is 45.6. The molecule has 1 heteroatoms. The van der Waals surface area contributed by atoms with Crippen LogP contribution < -0.4 is 4.74 Å². The minimum Gasteiger partial charge on any atom is -0.497 e. The van der Waals surface area contributed by atoms with Crippen molar-refractivity contribution in [1.29, 1.82) is 0 Å². The van der Waals surface area contributed by atoms with E-state index < -0.39 is 0 Å². The predicted octanol–water partition coefficient (Wildman–Crippen LogP) is 21.6. The molecule has 0 aromatic heterocycles. The van der Waals surface area contributed by atoms with E-state index >= 15 is 0 Å². The van der Waals surface area contributed by atoms with Gasteiger partial charge in [0.15, 0.2) is 0 Å². The summed E-state index contributed by atoms with van der Waals surface area (Å²) in [6, 6.07) is 93.8. The van der Waals surface area contributed by atoms with Gasteiger partial charge in [0.1, 0.15) is 5.75 Å². The number of hydrogen-bond donors (Lipinski definition) is 0. The van der Waals surface area contributed by atoms with E-state index in [0.717, 1.165) is 5.75 Å². The fourth-order valence-electron chi connectivity index (χ4n) is 14.8. The second-order valence-corrected chi connectivity index (χ2v) is 23.3. The lowest BCUT2D eigenvalue weighted by molar-refractivity contribution is 0.413. The van der Waals surface area contributed by atoms with Crippen LogP contribution in [0.4, 0.5) is 0 Å². The Kier molecular flexibility index (Phi) is 10.0.